The topological polar surface area (TPSA) is 53.1 Å². The van der Waals surface area contributed by atoms with Crippen LogP contribution in [0.2, 0.25) is 0 Å². The Kier molecular flexibility index (Phi) is 5.78. The lowest BCUT2D eigenvalue weighted by Gasteiger charge is -2.33. The number of benzene rings is 2. The predicted molar refractivity (Wildman–Crippen MR) is 115 cm³/mol. The molecule has 4 nitrogen and oxygen atoms in total. The van der Waals surface area contributed by atoms with Gasteiger partial charge in [-0.1, -0.05) is 36.8 Å². The molecule has 0 radical (unpaired) electrons. The van der Waals surface area contributed by atoms with Crippen molar-refractivity contribution in [3.05, 3.63) is 65.5 Å². The van der Waals surface area contributed by atoms with Gasteiger partial charge in [-0.05, 0) is 62.6 Å². The second-order valence-electron chi connectivity index (χ2n) is 7.89. The Bertz CT molecular complexity index is 1010. The van der Waals surface area contributed by atoms with Crippen LogP contribution >= 0.6 is 0 Å². The van der Waals surface area contributed by atoms with Crippen LogP contribution in [0.25, 0.3) is 22.6 Å². The Morgan fingerprint density at radius 2 is 1.86 bits per heavy atom. The van der Waals surface area contributed by atoms with Gasteiger partial charge in [-0.3, -0.25) is 0 Å². The Labute approximate surface area is 172 Å². The number of piperidine rings is 1. The van der Waals surface area contributed by atoms with Crippen LogP contribution in [0, 0.1) is 18.3 Å². The van der Waals surface area contributed by atoms with Crippen molar-refractivity contribution in [2.75, 3.05) is 13.1 Å². The minimum Gasteiger partial charge on any atom is -0.441 e. The predicted octanol–water partition coefficient (Wildman–Crippen LogP) is 5.61. The summed E-state index contributed by atoms with van der Waals surface area (Å²) in [6.45, 7) is 6.56. The first kappa shape index (κ1) is 19.4. The first-order chi connectivity index (χ1) is 14.2. The van der Waals surface area contributed by atoms with Gasteiger partial charge in [0.25, 0.3) is 0 Å². The molecule has 4 rings (SSSR count). The molecule has 148 valence electrons. The smallest absolute Gasteiger partial charge is 0.226 e. The molecule has 1 aromatic heterocycles. The monoisotopic (exact) mass is 385 g/mol. The van der Waals surface area contributed by atoms with E-state index in [4.69, 9.17) is 9.40 Å². The lowest BCUT2D eigenvalue weighted by atomic mass is 9.99. The lowest BCUT2D eigenvalue weighted by Crippen LogP contribution is -2.38. The number of nitriles is 1. The molecular formula is C25H27N3O. The molecule has 4 heteroatoms. The number of rotatable bonds is 5. The van der Waals surface area contributed by atoms with Crippen LogP contribution in [0.5, 0.6) is 0 Å². The number of hydrogen-bond donors (Lipinski definition) is 0. The van der Waals surface area contributed by atoms with Crippen molar-refractivity contribution in [2.45, 2.75) is 45.6 Å². The molecule has 1 atom stereocenters. The van der Waals surface area contributed by atoms with E-state index in [0.29, 0.717) is 17.5 Å². The molecule has 1 aliphatic rings. The average molecular weight is 386 g/mol. The molecule has 0 N–H and O–H groups in total. The zero-order chi connectivity index (χ0) is 20.2. The molecule has 1 fully saturated rings. The molecule has 0 aliphatic carbocycles. The van der Waals surface area contributed by atoms with Crippen LogP contribution in [0.15, 0.2) is 52.9 Å². The van der Waals surface area contributed by atoms with Gasteiger partial charge in [-0.15, -0.1) is 0 Å². The summed E-state index contributed by atoms with van der Waals surface area (Å²) in [4.78, 5) is 7.35. The number of nitrogens with zero attached hydrogens (tertiary/aromatic N) is 3. The standard InChI is InChI=1S/C25H27N3O/c1-18-7-5-6-15-28(18)16-14-24-19(2)29-25(27-24)21-12-10-20(11-13-21)23-9-4-3-8-22(23)17-26/h3-4,8-13,18H,5-7,14-16H2,1-2H3/t18-/m1/s1. The molecule has 0 spiro atoms. The molecule has 0 saturated carbocycles. The Balaban J connectivity index is 1.49. The molecule has 2 aromatic carbocycles. The van der Waals surface area contributed by atoms with Gasteiger partial charge in [0.1, 0.15) is 5.76 Å². The number of likely N-dealkylation sites (tertiary alicyclic amines) is 1. The fourth-order valence-corrected chi connectivity index (χ4v) is 4.15. The second kappa shape index (κ2) is 8.63. The molecule has 2 heterocycles. The van der Waals surface area contributed by atoms with Gasteiger partial charge >= 0.3 is 0 Å². The van der Waals surface area contributed by atoms with Crippen LogP contribution in [-0.2, 0) is 6.42 Å². The summed E-state index contributed by atoms with van der Waals surface area (Å²) >= 11 is 0. The first-order valence-electron chi connectivity index (χ1n) is 10.5. The van der Waals surface area contributed by atoms with E-state index in [-0.39, 0.29) is 0 Å². The van der Waals surface area contributed by atoms with Gasteiger partial charge in [0.2, 0.25) is 5.89 Å². The van der Waals surface area contributed by atoms with Gasteiger partial charge in [0.15, 0.2) is 0 Å². The zero-order valence-corrected chi connectivity index (χ0v) is 17.2. The molecule has 1 aliphatic heterocycles. The largest absolute Gasteiger partial charge is 0.441 e. The van der Waals surface area contributed by atoms with Crippen LogP contribution in [0.4, 0.5) is 0 Å². The third-order valence-electron chi connectivity index (χ3n) is 5.96. The molecule has 0 bridgehead atoms. The van der Waals surface area contributed by atoms with E-state index in [0.717, 1.165) is 41.1 Å². The maximum atomic E-state index is 9.33. The highest BCUT2D eigenvalue weighted by Gasteiger charge is 2.19. The third-order valence-corrected chi connectivity index (χ3v) is 5.96. The Morgan fingerprint density at radius 1 is 1.10 bits per heavy atom. The number of hydrogen-bond acceptors (Lipinski definition) is 4. The normalized spacial score (nSPS) is 17.2. The van der Waals surface area contributed by atoms with Crippen LogP contribution < -0.4 is 0 Å². The molecule has 1 saturated heterocycles. The zero-order valence-electron chi connectivity index (χ0n) is 17.2. The van der Waals surface area contributed by atoms with Gasteiger partial charge in [-0.25, -0.2) is 4.98 Å². The fraction of sp³-hybridized carbons (Fsp3) is 0.360. The molecule has 0 amide bonds. The van der Waals surface area contributed by atoms with E-state index in [2.05, 4.69) is 17.9 Å². The van der Waals surface area contributed by atoms with E-state index in [9.17, 15) is 5.26 Å². The quantitative estimate of drug-likeness (QED) is 0.573. The molecule has 29 heavy (non-hydrogen) atoms. The van der Waals surface area contributed by atoms with Gasteiger partial charge in [0, 0.05) is 24.6 Å². The summed E-state index contributed by atoms with van der Waals surface area (Å²) in [6, 6.07) is 18.7. The summed E-state index contributed by atoms with van der Waals surface area (Å²) < 4.78 is 5.98. The number of aromatic nitrogens is 1. The molecule has 3 aromatic rings. The lowest BCUT2D eigenvalue weighted by molar-refractivity contribution is 0.162. The summed E-state index contributed by atoms with van der Waals surface area (Å²) in [7, 11) is 0. The average Bonchev–Trinajstić information content (AvgIpc) is 3.14. The Morgan fingerprint density at radius 3 is 2.62 bits per heavy atom. The number of oxazole rings is 1. The summed E-state index contributed by atoms with van der Waals surface area (Å²) in [5.74, 6) is 1.58. The van der Waals surface area contributed by atoms with Gasteiger partial charge in [0.05, 0.1) is 17.3 Å². The van der Waals surface area contributed by atoms with E-state index < -0.39 is 0 Å². The van der Waals surface area contributed by atoms with Gasteiger partial charge in [-0.2, -0.15) is 5.26 Å². The summed E-state index contributed by atoms with van der Waals surface area (Å²) in [6.07, 6.45) is 4.87. The maximum absolute atomic E-state index is 9.33. The number of aryl methyl sites for hydroxylation is 1. The van der Waals surface area contributed by atoms with E-state index in [1.807, 2.05) is 55.5 Å². The first-order valence-corrected chi connectivity index (χ1v) is 10.5. The summed E-state index contributed by atoms with van der Waals surface area (Å²) in [5, 5.41) is 9.33. The third kappa shape index (κ3) is 4.26. The van der Waals surface area contributed by atoms with Crippen molar-refractivity contribution >= 4 is 0 Å². The fourth-order valence-electron chi connectivity index (χ4n) is 4.15. The van der Waals surface area contributed by atoms with Crippen molar-refractivity contribution in [3.8, 4) is 28.7 Å². The minimum absolute atomic E-state index is 0.666. The van der Waals surface area contributed by atoms with Gasteiger partial charge < -0.3 is 9.32 Å². The molecular weight excluding hydrogens is 358 g/mol. The SMILES string of the molecule is Cc1oc(-c2ccc(-c3ccccc3C#N)cc2)nc1CCN1CCCC[C@H]1C. The van der Waals surface area contributed by atoms with Crippen molar-refractivity contribution in [1.82, 2.24) is 9.88 Å². The van der Waals surface area contributed by atoms with Crippen LogP contribution in [0.3, 0.4) is 0 Å². The summed E-state index contributed by atoms with van der Waals surface area (Å²) in [5.41, 5.74) is 4.66. The highest BCUT2D eigenvalue weighted by Crippen LogP contribution is 2.28. The van der Waals surface area contributed by atoms with Crippen molar-refractivity contribution in [3.63, 3.8) is 0 Å². The van der Waals surface area contributed by atoms with Crippen molar-refractivity contribution in [2.24, 2.45) is 0 Å². The highest BCUT2D eigenvalue weighted by atomic mass is 16.4. The second-order valence-corrected chi connectivity index (χ2v) is 7.89. The highest BCUT2D eigenvalue weighted by molar-refractivity contribution is 5.72. The minimum atomic E-state index is 0.666. The van der Waals surface area contributed by atoms with Crippen LogP contribution in [-0.4, -0.2) is 29.0 Å². The van der Waals surface area contributed by atoms with E-state index >= 15 is 0 Å². The van der Waals surface area contributed by atoms with Crippen molar-refractivity contribution in [1.29, 1.82) is 5.26 Å². The van der Waals surface area contributed by atoms with E-state index in [1.54, 1.807) is 0 Å². The van der Waals surface area contributed by atoms with E-state index in [1.165, 1.54) is 25.8 Å². The van der Waals surface area contributed by atoms with Crippen molar-refractivity contribution < 1.29 is 4.42 Å². The van der Waals surface area contributed by atoms with Crippen LogP contribution in [0.1, 0.15) is 43.2 Å². The molecule has 0 unspecified atom stereocenters. The maximum Gasteiger partial charge on any atom is 0.226 e. The Hall–Kier alpha value is -2.90.